The molecule has 3 heterocycles. The lowest BCUT2D eigenvalue weighted by Gasteiger charge is -2.28. The summed E-state index contributed by atoms with van der Waals surface area (Å²) in [6.45, 7) is 8.63. The Labute approximate surface area is 348 Å². The van der Waals surface area contributed by atoms with E-state index in [-0.39, 0.29) is 22.5 Å². The van der Waals surface area contributed by atoms with Gasteiger partial charge in [0.1, 0.15) is 0 Å². The van der Waals surface area contributed by atoms with Crippen molar-refractivity contribution in [2.75, 3.05) is 37.6 Å². The lowest BCUT2D eigenvalue weighted by atomic mass is 9.76. The largest absolute Gasteiger partial charge is 0.376 e. The summed E-state index contributed by atoms with van der Waals surface area (Å²) in [6.07, 6.45) is 16.7. The predicted octanol–water partition coefficient (Wildman–Crippen LogP) is 10.5. The van der Waals surface area contributed by atoms with Crippen LogP contribution < -0.4 is 16.4 Å². The quantitative estimate of drug-likeness (QED) is 0.123. The van der Waals surface area contributed by atoms with Crippen molar-refractivity contribution in [3.05, 3.63) is 80.8 Å². The van der Waals surface area contributed by atoms with Crippen LogP contribution in [-0.4, -0.2) is 70.1 Å². The number of thiocarbonyl (C=S) groups is 1. The van der Waals surface area contributed by atoms with Crippen molar-refractivity contribution in [2.24, 2.45) is 5.73 Å². The molecule has 12 heteroatoms. The number of rotatable bonds is 12. The topological polar surface area (TPSA) is 86.5 Å². The Balaban J connectivity index is 0.000000171. The summed E-state index contributed by atoms with van der Waals surface area (Å²) in [7, 11) is 0. The SMILES string of the molecule is CCC1CCCN1CNC(N)=S.CCC1CCCN1CNc1nc(C2(c3ccc(Cl)cc3)CCCC2)cs1.O=C(CCl)C1(c2ccc(Cl)cc2)CCCC1. The molecular formula is C42H59Cl3N6OS2. The number of aromatic nitrogens is 1. The van der Waals surface area contributed by atoms with Crippen LogP contribution in [0.4, 0.5) is 5.13 Å². The molecule has 4 fully saturated rings. The normalized spacial score (nSPS) is 21.9. The van der Waals surface area contributed by atoms with Crippen molar-refractivity contribution in [1.29, 1.82) is 0 Å². The zero-order valence-electron chi connectivity index (χ0n) is 32.1. The summed E-state index contributed by atoms with van der Waals surface area (Å²) in [4.78, 5) is 22.0. The first-order chi connectivity index (χ1) is 26.1. The number of alkyl halides is 1. The predicted molar refractivity (Wildman–Crippen MR) is 233 cm³/mol. The second kappa shape index (κ2) is 21.0. The van der Waals surface area contributed by atoms with E-state index in [9.17, 15) is 4.79 Å². The molecular weight excluding hydrogens is 775 g/mol. The van der Waals surface area contributed by atoms with Gasteiger partial charge in [0, 0.05) is 46.0 Å². The highest BCUT2D eigenvalue weighted by Gasteiger charge is 2.42. The molecule has 0 radical (unpaired) electrons. The maximum atomic E-state index is 12.1. The van der Waals surface area contributed by atoms with Gasteiger partial charge in [0.25, 0.3) is 0 Å². The van der Waals surface area contributed by atoms with Gasteiger partial charge in [0.15, 0.2) is 16.0 Å². The molecule has 4 aliphatic rings. The number of nitrogens with two attached hydrogens (primary N) is 1. The highest BCUT2D eigenvalue weighted by atomic mass is 35.5. The van der Waals surface area contributed by atoms with E-state index >= 15 is 0 Å². The minimum Gasteiger partial charge on any atom is -0.376 e. The maximum absolute atomic E-state index is 12.1. The Bertz CT molecular complexity index is 1610. The molecule has 2 saturated heterocycles. The van der Waals surface area contributed by atoms with Crippen molar-refractivity contribution in [3.8, 4) is 0 Å². The van der Waals surface area contributed by atoms with Gasteiger partial charge in [-0.15, -0.1) is 22.9 Å². The summed E-state index contributed by atoms with van der Waals surface area (Å²) < 4.78 is 0. The van der Waals surface area contributed by atoms with E-state index in [0.29, 0.717) is 10.1 Å². The number of hydrogen-bond acceptors (Lipinski definition) is 7. The van der Waals surface area contributed by atoms with Gasteiger partial charge in [-0.05, 0) is 112 Å². The highest BCUT2D eigenvalue weighted by Crippen LogP contribution is 2.47. The Morgan fingerprint density at radius 1 is 0.833 bits per heavy atom. The Morgan fingerprint density at radius 3 is 1.87 bits per heavy atom. The van der Waals surface area contributed by atoms with E-state index in [1.54, 1.807) is 11.3 Å². The molecule has 296 valence electrons. The number of anilines is 1. The lowest BCUT2D eigenvalue weighted by Crippen LogP contribution is -2.42. The van der Waals surface area contributed by atoms with Gasteiger partial charge in [-0.1, -0.05) is 87.0 Å². The fourth-order valence-corrected chi connectivity index (χ4v) is 10.5. The van der Waals surface area contributed by atoms with Crippen LogP contribution in [0.1, 0.15) is 121 Å². The molecule has 0 amide bonds. The molecule has 7 rings (SSSR count). The van der Waals surface area contributed by atoms with Crippen LogP contribution >= 0.6 is 58.4 Å². The molecule has 4 N–H and O–H groups in total. The molecule has 2 aliphatic heterocycles. The Kier molecular flexibility index (Phi) is 16.8. The van der Waals surface area contributed by atoms with Crippen LogP contribution in [0.15, 0.2) is 53.9 Å². The summed E-state index contributed by atoms with van der Waals surface area (Å²) >= 11 is 24.2. The number of carbonyl (C=O) groups is 1. The molecule has 2 atom stereocenters. The summed E-state index contributed by atoms with van der Waals surface area (Å²) in [5.74, 6) is 0.247. The minimum atomic E-state index is -0.341. The lowest BCUT2D eigenvalue weighted by molar-refractivity contribution is -0.122. The molecule has 7 nitrogen and oxygen atoms in total. The summed E-state index contributed by atoms with van der Waals surface area (Å²) in [5, 5.41) is 11.8. The average Bonchev–Trinajstić information content (AvgIpc) is 4.04. The number of carbonyl (C=O) groups excluding carboxylic acids is 1. The molecule has 2 saturated carbocycles. The summed E-state index contributed by atoms with van der Waals surface area (Å²) in [5.41, 5.74) is 8.75. The number of thiazole rings is 1. The molecule has 2 aliphatic carbocycles. The number of hydrogen-bond donors (Lipinski definition) is 3. The van der Waals surface area contributed by atoms with E-state index in [2.05, 4.69) is 51.8 Å². The molecule has 0 spiro atoms. The zero-order valence-corrected chi connectivity index (χ0v) is 36.0. The third-order valence-corrected chi connectivity index (χ3v) is 13.9. The number of nitrogens with zero attached hydrogens (tertiary/aromatic N) is 3. The van der Waals surface area contributed by atoms with Gasteiger partial charge >= 0.3 is 0 Å². The van der Waals surface area contributed by atoms with Crippen LogP contribution in [0.2, 0.25) is 10.0 Å². The van der Waals surface area contributed by atoms with Crippen molar-refractivity contribution < 1.29 is 4.79 Å². The van der Waals surface area contributed by atoms with Crippen LogP contribution in [0.3, 0.4) is 0 Å². The smallest absolute Gasteiger partial charge is 0.183 e. The van der Waals surface area contributed by atoms with Gasteiger partial charge in [0.05, 0.1) is 30.3 Å². The monoisotopic (exact) mass is 832 g/mol. The number of likely N-dealkylation sites (tertiary alicyclic amines) is 2. The third-order valence-electron chi connectivity index (χ3n) is 12.2. The van der Waals surface area contributed by atoms with Crippen LogP contribution in [0, 0.1) is 0 Å². The number of ketones is 1. The van der Waals surface area contributed by atoms with E-state index in [1.807, 2.05) is 36.4 Å². The van der Waals surface area contributed by atoms with Crippen molar-refractivity contribution in [1.82, 2.24) is 20.1 Å². The van der Waals surface area contributed by atoms with Gasteiger partial charge in [-0.3, -0.25) is 14.6 Å². The van der Waals surface area contributed by atoms with Gasteiger partial charge in [-0.2, -0.15) is 0 Å². The fourth-order valence-electron chi connectivity index (χ4n) is 9.10. The fraction of sp³-hybridized carbons (Fsp3) is 0.595. The molecule has 3 aromatic rings. The zero-order chi connectivity index (χ0) is 38.6. The van der Waals surface area contributed by atoms with Gasteiger partial charge in [0.2, 0.25) is 0 Å². The van der Waals surface area contributed by atoms with E-state index in [0.717, 1.165) is 66.8 Å². The molecule has 54 heavy (non-hydrogen) atoms. The average molecular weight is 834 g/mol. The van der Waals surface area contributed by atoms with E-state index in [4.69, 9.17) is 57.7 Å². The second-order valence-corrected chi connectivity index (χ2v) is 17.7. The number of benzene rings is 2. The number of halogens is 3. The molecule has 2 aromatic carbocycles. The van der Waals surface area contributed by atoms with Crippen LogP contribution in [-0.2, 0) is 15.6 Å². The van der Waals surface area contributed by atoms with Gasteiger partial charge < -0.3 is 16.4 Å². The van der Waals surface area contributed by atoms with Crippen molar-refractivity contribution in [3.63, 3.8) is 0 Å². The second-order valence-electron chi connectivity index (χ2n) is 15.3. The Hall–Kier alpha value is -1.98. The van der Waals surface area contributed by atoms with Crippen molar-refractivity contribution in [2.45, 2.75) is 127 Å². The first-order valence-electron chi connectivity index (χ1n) is 20.0. The van der Waals surface area contributed by atoms with Crippen LogP contribution in [0.25, 0.3) is 0 Å². The first kappa shape index (κ1) is 43.1. The van der Waals surface area contributed by atoms with Crippen molar-refractivity contribution >= 4 is 74.4 Å². The third kappa shape index (κ3) is 10.9. The minimum absolute atomic E-state index is 0.0701. The Morgan fingerprint density at radius 2 is 1.35 bits per heavy atom. The maximum Gasteiger partial charge on any atom is 0.183 e. The number of Topliss-reactive ketones (excluding diaryl/α,β-unsaturated/α-hetero) is 1. The standard InChI is InChI=1S/C21H28ClN3S.C13H14Cl2O.C8H17N3S/c1-2-18-6-5-13-25(18)15-23-20-24-19(14-26-20)21(11-3-4-12-21)16-7-9-17(22)10-8-16;14-9-12(16)13(7-1-2-8-13)10-3-5-11(15)6-4-10;1-2-7-4-3-5-11(7)6-10-8(9)12/h7-10,14,18H,2-6,11-13,15H2,1H3,(H,23,24);3-6H,1-2,7-9H2;7H,2-6H2,1H3,(H3,9,10,12). The van der Waals surface area contributed by atoms with Crippen LogP contribution in [0.5, 0.6) is 0 Å². The first-order valence-corrected chi connectivity index (χ1v) is 22.5. The van der Waals surface area contributed by atoms with E-state index < -0.39 is 0 Å². The molecule has 2 unspecified atom stereocenters. The highest BCUT2D eigenvalue weighted by molar-refractivity contribution is 7.80. The summed E-state index contributed by atoms with van der Waals surface area (Å²) in [6, 6.07) is 17.5. The molecule has 0 bridgehead atoms. The molecule has 1 aromatic heterocycles. The number of nitrogens with one attached hydrogen (secondary N) is 2. The van der Waals surface area contributed by atoms with E-state index in [1.165, 1.54) is 88.6 Å². The van der Waals surface area contributed by atoms with Gasteiger partial charge in [-0.25, -0.2) is 4.98 Å².